The lowest BCUT2D eigenvalue weighted by Crippen LogP contribution is -2.52. The fourth-order valence-electron chi connectivity index (χ4n) is 5.27. The predicted octanol–water partition coefficient (Wildman–Crippen LogP) is 1.77. The Morgan fingerprint density at radius 2 is 1.79 bits per heavy atom. The van der Waals surface area contributed by atoms with Crippen molar-refractivity contribution in [3.8, 4) is 0 Å². The number of nitrogens with two attached hydrogens (primary N) is 2. The second-order valence-corrected chi connectivity index (χ2v) is 7.20. The lowest BCUT2D eigenvalue weighted by atomic mass is 9.53. The van der Waals surface area contributed by atoms with Gasteiger partial charge >= 0.3 is 0 Å². The molecule has 4 aliphatic carbocycles. The normalized spacial score (nSPS) is 41.7. The summed E-state index contributed by atoms with van der Waals surface area (Å²) in [5, 5.41) is 4.66. The molecule has 0 aliphatic heterocycles. The second-order valence-electron chi connectivity index (χ2n) is 7.20. The maximum absolute atomic E-state index is 6.02. The van der Waals surface area contributed by atoms with E-state index in [0.29, 0.717) is 12.1 Å². The molecule has 1 aromatic rings. The Hall–Kier alpha value is -0.870. The van der Waals surface area contributed by atoms with E-state index in [1.165, 1.54) is 38.5 Å². The third-order valence-electron chi connectivity index (χ3n) is 5.78. The van der Waals surface area contributed by atoms with Gasteiger partial charge in [0.1, 0.15) is 0 Å². The van der Waals surface area contributed by atoms with E-state index in [0.717, 1.165) is 23.3 Å². The van der Waals surface area contributed by atoms with E-state index < -0.39 is 0 Å². The highest BCUT2D eigenvalue weighted by Crippen LogP contribution is 2.58. The van der Waals surface area contributed by atoms with Gasteiger partial charge in [0, 0.05) is 24.3 Å². The Kier molecular flexibility index (Phi) is 2.55. The summed E-state index contributed by atoms with van der Waals surface area (Å²) in [4.78, 5) is 0. The van der Waals surface area contributed by atoms with E-state index in [1.54, 1.807) is 0 Å². The fourth-order valence-corrected chi connectivity index (χ4v) is 5.27. The van der Waals surface area contributed by atoms with Crippen molar-refractivity contribution in [1.82, 2.24) is 9.78 Å². The van der Waals surface area contributed by atoms with Gasteiger partial charge in [-0.25, -0.2) is 0 Å². The topological polar surface area (TPSA) is 69.9 Å². The summed E-state index contributed by atoms with van der Waals surface area (Å²) in [5.41, 5.74) is 13.1. The van der Waals surface area contributed by atoms with Crippen molar-refractivity contribution in [2.24, 2.45) is 29.2 Å². The lowest BCUT2D eigenvalue weighted by molar-refractivity contribution is -0.0494. The van der Waals surface area contributed by atoms with Crippen LogP contribution < -0.4 is 11.5 Å². The number of aromatic nitrogens is 2. The molecule has 104 valence electrons. The van der Waals surface area contributed by atoms with Crippen LogP contribution in [0.25, 0.3) is 0 Å². The molecular formula is C15H24N4. The van der Waals surface area contributed by atoms with Crippen LogP contribution >= 0.6 is 0 Å². The van der Waals surface area contributed by atoms with Gasteiger partial charge in [0.2, 0.25) is 0 Å². The van der Waals surface area contributed by atoms with Crippen molar-refractivity contribution in [2.75, 3.05) is 6.54 Å². The molecule has 5 rings (SSSR count). The standard InChI is InChI=1S/C15H24N4/c16-7-14(17)13-8-18-19(9-13)15-4-10-1-11(5-15)3-12(2-10)6-15/h8-12,14H,1-7,16-17H2. The highest BCUT2D eigenvalue weighted by molar-refractivity contribution is 5.14. The monoisotopic (exact) mass is 260 g/mol. The molecule has 4 aliphatic rings. The molecule has 0 spiro atoms. The maximum atomic E-state index is 6.02. The van der Waals surface area contributed by atoms with Crippen LogP contribution in [0.1, 0.15) is 50.1 Å². The van der Waals surface area contributed by atoms with Crippen molar-refractivity contribution < 1.29 is 0 Å². The van der Waals surface area contributed by atoms with Crippen molar-refractivity contribution in [3.05, 3.63) is 18.0 Å². The van der Waals surface area contributed by atoms with Gasteiger partial charge in [0.25, 0.3) is 0 Å². The third kappa shape index (κ3) is 1.77. The zero-order chi connectivity index (χ0) is 13.0. The van der Waals surface area contributed by atoms with Gasteiger partial charge in [-0.05, 0) is 56.3 Å². The minimum absolute atomic E-state index is 0.0670. The molecule has 4 nitrogen and oxygen atoms in total. The van der Waals surface area contributed by atoms with Gasteiger partial charge in [-0.1, -0.05) is 0 Å². The molecule has 1 heterocycles. The number of hydrogen-bond acceptors (Lipinski definition) is 3. The van der Waals surface area contributed by atoms with Crippen LogP contribution in [0.4, 0.5) is 0 Å². The van der Waals surface area contributed by atoms with Crippen LogP contribution in [0.5, 0.6) is 0 Å². The minimum Gasteiger partial charge on any atom is -0.329 e. The first-order valence-electron chi connectivity index (χ1n) is 7.69. The molecule has 0 amide bonds. The molecule has 4 bridgehead atoms. The van der Waals surface area contributed by atoms with Gasteiger partial charge < -0.3 is 11.5 Å². The fraction of sp³-hybridized carbons (Fsp3) is 0.800. The Balaban J connectivity index is 1.66. The molecule has 1 atom stereocenters. The zero-order valence-corrected chi connectivity index (χ0v) is 11.5. The number of rotatable bonds is 3. The summed E-state index contributed by atoms with van der Waals surface area (Å²) < 4.78 is 2.25. The number of hydrogen-bond donors (Lipinski definition) is 2. The van der Waals surface area contributed by atoms with Crippen molar-refractivity contribution in [2.45, 2.75) is 50.1 Å². The molecule has 0 radical (unpaired) electrons. The van der Waals surface area contributed by atoms with Crippen LogP contribution in [0, 0.1) is 17.8 Å². The van der Waals surface area contributed by atoms with Gasteiger partial charge in [0.05, 0.1) is 11.7 Å². The molecule has 1 aromatic heterocycles. The first-order chi connectivity index (χ1) is 9.18. The van der Waals surface area contributed by atoms with E-state index in [4.69, 9.17) is 11.5 Å². The first kappa shape index (κ1) is 11.9. The van der Waals surface area contributed by atoms with E-state index in [9.17, 15) is 0 Å². The van der Waals surface area contributed by atoms with Crippen LogP contribution in [-0.2, 0) is 5.54 Å². The summed E-state index contributed by atoms with van der Waals surface area (Å²) in [6.07, 6.45) is 12.5. The lowest BCUT2D eigenvalue weighted by Gasteiger charge is -2.56. The van der Waals surface area contributed by atoms with E-state index in [1.807, 2.05) is 6.20 Å². The summed E-state index contributed by atoms with van der Waals surface area (Å²) in [7, 11) is 0. The smallest absolute Gasteiger partial charge is 0.0635 e. The molecule has 4 N–H and O–H groups in total. The summed E-state index contributed by atoms with van der Waals surface area (Å²) in [6.45, 7) is 0.493. The summed E-state index contributed by atoms with van der Waals surface area (Å²) >= 11 is 0. The first-order valence-corrected chi connectivity index (χ1v) is 7.69. The molecule has 4 fully saturated rings. The summed E-state index contributed by atoms with van der Waals surface area (Å²) in [6, 6.07) is -0.0670. The van der Waals surface area contributed by atoms with Gasteiger partial charge in [-0.2, -0.15) is 5.10 Å². The molecule has 1 unspecified atom stereocenters. The highest BCUT2D eigenvalue weighted by Gasteiger charge is 2.52. The molecule has 0 saturated heterocycles. The van der Waals surface area contributed by atoms with Crippen molar-refractivity contribution in [1.29, 1.82) is 0 Å². The van der Waals surface area contributed by atoms with Crippen molar-refractivity contribution in [3.63, 3.8) is 0 Å². The molecule has 4 saturated carbocycles. The average Bonchev–Trinajstić information content (AvgIpc) is 2.86. The van der Waals surface area contributed by atoms with Crippen LogP contribution in [0.15, 0.2) is 12.4 Å². The molecule has 19 heavy (non-hydrogen) atoms. The van der Waals surface area contributed by atoms with Crippen molar-refractivity contribution >= 4 is 0 Å². The largest absolute Gasteiger partial charge is 0.329 e. The van der Waals surface area contributed by atoms with E-state index in [2.05, 4.69) is 16.0 Å². The summed E-state index contributed by atoms with van der Waals surface area (Å²) in [5.74, 6) is 2.84. The van der Waals surface area contributed by atoms with Gasteiger partial charge in [-0.3, -0.25) is 4.68 Å². The average molecular weight is 260 g/mol. The van der Waals surface area contributed by atoms with E-state index in [-0.39, 0.29) is 6.04 Å². The Labute approximate surface area is 114 Å². The number of nitrogens with zero attached hydrogens (tertiary/aromatic N) is 2. The zero-order valence-electron chi connectivity index (χ0n) is 11.5. The Bertz CT molecular complexity index is 443. The second kappa shape index (κ2) is 4.06. The molecule has 4 heteroatoms. The van der Waals surface area contributed by atoms with Crippen LogP contribution in [0.2, 0.25) is 0 Å². The van der Waals surface area contributed by atoms with E-state index >= 15 is 0 Å². The maximum Gasteiger partial charge on any atom is 0.0635 e. The quantitative estimate of drug-likeness (QED) is 0.870. The SMILES string of the molecule is NCC(N)c1cnn(C23CC4CC(CC(C4)C2)C3)c1. The van der Waals surface area contributed by atoms with Gasteiger partial charge in [-0.15, -0.1) is 0 Å². The van der Waals surface area contributed by atoms with Crippen LogP contribution in [0.3, 0.4) is 0 Å². The van der Waals surface area contributed by atoms with Crippen LogP contribution in [-0.4, -0.2) is 16.3 Å². The third-order valence-corrected chi connectivity index (χ3v) is 5.78. The minimum atomic E-state index is -0.0670. The highest BCUT2D eigenvalue weighted by atomic mass is 15.3. The predicted molar refractivity (Wildman–Crippen MR) is 74.4 cm³/mol. The molecule has 0 aromatic carbocycles. The van der Waals surface area contributed by atoms with Gasteiger partial charge in [0.15, 0.2) is 0 Å². The molecular weight excluding hydrogens is 236 g/mol. The Morgan fingerprint density at radius 1 is 1.21 bits per heavy atom. The Morgan fingerprint density at radius 3 is 2.32 bits per heavy atom.